The first-order valence-corrected chi connectivity index (χ1v) is 11.0. The van der Waals surface area contributed by atoms with Crippen LogP contribution in [0.4, 0.5) is 0 Å². The Kier molecular flexibility index (Phi) is 13.8. The van der Waals surface area contributed by atoms with Gasteiger partial charge in [0, 0.05) is 13.3 Å². The molecule has 0 radical (unpaired) electrons. The lowest BCUT2D eigenvalue weighted by Gasteiger charge is -2.28. The molecule has 0 saturated carbocycles. The zero-order valence-corrected chi connectivity index (χ0v) is 20.1. The minimum atomic E-state index is -1.65. The molecule has 0 aromatic carbocycles. The molecule has 35 heavy (non-hydrogen) atoms. The number of carbonyl (C=O) groups is 7. The van der Waals surface area contributed by atoms with Crippen LogP contribution in [-0.2, 0) is 33.6 Å². The third-order valence-corrected chi connectivity index (χ3v) is 5.08. The van der Waals surface area contributed by atoms with E-state index in [-0.39, 0.29) is 18.6 Å². The van der Waals surface area contributed by atoms with Gasteiger partial charge in [-0.05, 0) is 19.3 Å². The van der Waals surface area contributed by atoms with E-state index < -0.39 is 78.7 Å². The summed E-state index contributed by atoms with van der Waals surface area (Å²) in [5, 5.41) is 36.9. The van der Waals surface area contributed by atoms with Crippen molar-refractivity contribution in [2.45, 2.75) is 83.6 Å². The maximum absolute atomic E-state index is 12.9. The SMILES string of the molecule is CC[C@H](C)[C@H](NC(C)=O)C(=O)N[C@H](CCC(=O)O)C(=O)N[C@H](C(=O)N[C@H](C=O)CC(=O)O)[C@H](C)O. The number of carboxylic acids is 2. The fraction of sp³-hybridized carbons (Fsp3) is 0.667. The summed E-state index contributed by atoms with van der Waals surface area (Å²) < 4.78 is 0. The quantitative estimate of drug-likeness (QED) is 0.114. The summed E-state index contributed by atoms with van der Waals surface area (Å²) >= 11 is 0. The van der Waals surface area contributed by atoms with Crippen LogP contribution in [0.15, 0.2) is 0 Å². The Bertz CT molecular complexity index is 801. The molecule has 0 heterocycles. The maximum Gasteiger partial charge on any atom is 0.305 e. The molecule has 0 aromatic heterocycles. The number of hydrogen-bond acceptors (Lipinski definition) is 8. The zero-order chi connectivity index (χ0) is 27.3. The van der Waals surface area contributed by atoms with Crippen molar-refractivity contribution >= 4 is 41.9 Å². The number of hydrogen-bond donors (Lipinski definition) is 7. The Hall–Kier alpha value is -3.55. The molecule has 0 spiro atoms. The highest BCUT2D eigenvalue weighted by Crippen LogP contribution is 2.10. The number of nitrogens with one attached hydrogen (secondary N) is 4. The number of aliphatic hydroxyl groups is 1. The molecule has 0 aliphatic carbocycles. The molecular formula is C21H34N4O10. The third-order valence-electron chi connectivity index (χ3n) is 5.08. The van der Waals surface area contributed by atoms with Gasteiger partial charge in [-0.1, -0.05) is 20.3 Å². The molecule has 0 saturated heterocycles. The molecule has 6 atom stereocenters. The average molecular weight is 503 g/mol. The molecule has 4 amide bonds. The largest absolute Gasteiger partial charge is 0.481 e. The first kappa shape index (κ1) is 31.4. The minimum Gasteiger partial charge on any atom is -0.481 e. The van der Waals surface area contributed by atoms with Gasteiger partial charge in [0.2, 0.25) is 23.6 Å². The van der Waals surface area contributed by atoms with Crippen molar-refractivity contribution < 1.29 is 48.9 Å². The Morgan fingerprint density at radius 1 is 0.829 bits per heavy atom. The number of aliphatic hydroxyl groups excluding tert-OH is 1. The van der Waals surface area contributed by atoms with Gasteiger partial charge in [0.05, 0.1) is 18.6 Å². The zero-order valence-electron chi connectivity index (χ0n) is 20.1. The van der Waals surface area contributed by atoms with Gasteiger partial charge < -0.3 is 41.4 Å². The number of amides is 4. The Labute approximate surface area is 202 Å². The molecule has 0 aromatic rings. The van der Waals surface area contributed by atoms with Gasteiger partial charge in [-0.2, -0.15) is 0 Å². The van der Waals surface area contributed by atoms with Crippen molar-refractivity contribution in [1.82, 2.24) is 21.3 Å². The molecule has 0 rings (SSSR count). The molecular weight excluding hydrogens is 468 g/mol. The van der Waals surface area contributed by atoms with E-state index in [9.17, 15) is 38.7 Å². The number of carboxylic acid groups (broad SMARTS) is 2. The third kappa shape index (κ3) is 11.9. The summed E-state index contributed by atoms with van der Waals surface area (Å²) in [7, 11) is 0. The Morgan fingerprint density at radius 3 is 1.83 bits per heavy atom. The van der Waals surface area contributed by atoms with Gasteiger partial charge in [0.15, 0.2) is 0 Å². The lowest BCUT2D eigenvalue weighted by atomic mass is 9.97. The van der Waals surface area contributed by atoms with Crippen LogP contribution >= 0.6 is 0 Å². The van der Waals surface area contributed by atoms with Crippen molar-refractivity contribution in [2.75, 3.05) is 0 Å². The molecule has 0 bridgehead atoms. The number of rotatable bonds is 16. The number of aliphatic carboxylic acids is 2. The van der Waals surface area contributed by atoms with Gasteiger partial charge in [-0.25, -0.2) is 0 Å². The lowest BCUT2D eigenvalue weighted by Crippen LogP contribution is -2.60. The van der Waals surface area contributed by atoms with Crippen molar-refractivity contribution in [3.8, 4) is 0 Å². The van der Waals surface area contributed by atoms with E-state index in [0.717, 1.165) is 6.92 Å². The summed E-state index contributed by atoms with van der Waals surface area (Å²) in [5.41, 5.74) is 0. The van der Waals surface area contributed by atoms with Crippen LogP contribution in [0.1, 0.15) is 53.4 Å². The van der Waals surface area contributed by atoms with E-state index in [1.54, 1.807) is 13.8 Å². The predicted molar refractivity (Wildman–Crippen MR) is 120 cm³/mol. The number of aldehydes is 1. The molecule has 0 fully saturated rings. The van der Waals surface area contributed by atoms with Crippen LogP contribution in [0.25, 0.3) is 0 Å². The minimum absolute atomic E-state index is 0.180. The van der Waals surface area contributed by atoms with Gasteiger partial charge >= 0.3 is 11.9 Å². The van der Waals surface area contributed by atoms with E-state index in [2.05, 4.69) is 21.3 Å². The summed E-state index contributed by atoms with van der Waals surface area (Å²) in [6, 6.07) is -5.54. The highest BCUT2D eigenvalue weighted by molar-refractivity contribution is 5.95. The van der Waals surface area contributed by atoms with E-state index in [1.807, 2.05) is 0 Å². The molecule has 0 aliphatic heterocycles. The van der Waals surface area contributed by atoms with Crippen molar-refractivity contribution in [3.63, 3.8) is 0 Å². The summed E-state index contributed by atoms with van der Waals surface area (Å²) in [5.74, 6) is -6.27. The molecule has 7 N–H and O–H groups in total. The summed E-state index contributed by atoms with van der Waals surface area (Å²) in [6.45, 7) is 5.84. The topological polar surface area (TPSA) is 228 Å². The van der Waals surface area contributed by atoms with Crippen molar-refractivity contribution in [2.24, 2.45) is 5.92 Å². The summed E-state index contributed by atoms with van der Waals surface area (Å²) in [6.07, 6.45) is -2.44. The van der Waals surface area contributed by atoms with Gasteiger partial charge in [0.25, 0.3) is 0 Å². The van der Waals surface area contributed by atoms with E-state index in [1.165, 1.54) is 6.92 Å². The maximum atomic E-state index is 12.9. The molecule has 0 unspecified atom stereocenters. The average Bonchev–Trinajstić information content (AvgIpc) is 2.76. The monoisotopic (exact) mass is 502 g/mol. The van der Waals surface area contributed by atoms with Crippen molar-refractivity contribution in [1.29, 1.82) is 0 Å². The lowest BCUT2D eigenvalue weighted by molar-refractivity contribution is -0.140. The second kappa shape index (κ2) is 15.4. The van der Waals surface area contributed by atoms with E-state index in [0.29, 0.717) is 6.42 Å². The highest BCUT2D eigenvalue weighted by atomic mass is 16.4. The first-order chi connectivity index (χ1) is 16.2. The predicted octanol–water partition coefficient (Wildman–Crippen LogP) is -2.09. The van der Waals surface area contributed by atoms with Gasteiger partial charge in [-0.15, -0.1) is 0 Å². The first-order valence-electron chi connectivity index (χ1n) is 11.0. The molecule has 14 heteroatoms. The normalized spacial score (nSPS) is 15.8. The van der Waals surface area contributed by atoms with Crippen molar-refractivity contribution in [3.05, 3.63) is 0 Å². The summed E-state index contributed by atoms with van der Waals surface area (Å²) in [4.78, 5) is 82.5. The van der Waals surface area contributed by atoms with Crippen LogP contribution in [0.2, 0.25) is 0 Å². The van der Waals surface area contributed by atoms with Crippen LogP contribution in [0.3, 0.4) is 0 Å². The molecule has 0 aliphatic rings. The number of carbonyl (C=O) groups excluding carboxylic acids is 5. The van der Waals surface area contributed by atoms with Crippen LogP contribution in [0, 0.1) is 5.92 Å². The second-order valence-corrected chi connectivity index (χ2v) is 8.13. The highest BCUT2D eigenvalue weighted by Gasteiger charge is 2.33. The smallest absolute Gasteiger partial charge is 0.305 e. The molecule has 14 nitrogen and oxygen atoms in total. The van der Waals surface area contributed by atoms with Crippen LogP contribution < -0.4 is 21.3 Å². The standard InChI is InChI=1S/C21H34N4O10/c1-5-10(2)17(22-12(4)28)20(34)24-14(6-7-15(29)30)19(33)25-18(11(3)27)21(35)23-13(9-26)8-16(31)32/h9-11,13-14,17-18,27H,5-8H2,1-4H3,(H,22,28)(H,23,35)(H,24,34)(H,25,33)(H,29,30)(H,31,32)/t10-,11-,13-,14+,17-,18-/m0/s1. The van der Waals surface area contributed by atoms with E-state index in [4.69, 9.17) is 10.2 Å². The second-order valence-electron chi connectivity index (χ2n) is 8.13. The van der Waals surface area contributed by atoms with Crippen LogP contribution in [0.5, 0.6) is 0 Å². The fourth-order valence-corrected chi connectivity index (χ4v) is 2.97. The Balaban J connectivity index is 5.69. The van der Waals surface area contributed by atoms with Crippen LogP contribution in [-0.4, -0.2) is 87.4 Å². The fourth-order valence-electron chi connectivity index (χ4n) is 2.97. The Morgan fingerprint density at radius 2 is 1.40 bits per heavy atom. The van der Waals surface area contributed by atoms with E-state index >= 15 is 0 Å². The van der Waals surface area contributed by atoms with Gasteiger partial charge in [-0.3, -0.25) is 28.8 Å². The van der Waals surface area contributed by atoms with Gasteiger partial charge in [0.1, 0.15) is 24.4 Å². The molecule has 198 valence electrons.